The molecule has 18 heavy (non-hydrogen) atoms. The fourth-order valence-corrected chi connectivity index (χ4v) is 3.96. The van der Waals surface area contributed by atoms with Crippen LogP contribution in [-0.4, -0.2) is 64.1 Å². The molecule has 0 spiro atoms. The highest BCUT2D eigenvalue weighted by Gasteiger charge is 2.34. The molecular formula is C12H20N2O3S. The van der Waals surface area contributed by atoms with Gasteiger partial charge in [-0.2, -0.15) is 11.8 Å². The van der Waals surface area contributed by atoms with E-state index in [2.05, 4.69) is 0 Å². The molecule has 2 saturated heterocycles. The molecule has 1 N–H and O–H groups in total. The average Bonchev–Trinajstić information content (AvgIpc) is 2.96. The summed E-state index contributed by atoms with van der Waals surface area (Å²) in [4.78, 5) is 26.7. The van der Waals surface area contributed by atoms with Gasteiger partial charge in [0.2, 0.25) is 0 Å². The lowest BCUT2D eigenvalue weighted by Gasteiger charge is -2.32. The molecule has 0 aromatic rings. The van der Waals surface area contributed by atoms with Gasteiger partial charge in [-0.1, -0.05) is 0 Å². The zero-order chi connectivity index (χ0) is 13.1. The van der Waals surface area contributed by atoms with E-state index in [1.165, 1.54) is 0 Å². The van der Waals surface area contributed by atoms with Crippen molar-refractivity contribution < 1.29 is 14.7 Å². The third-order valence-corrected chi connectivity index (χ3v) is 4.93. The van der Waals surface area contributed by atoms with E-state index in [4.69, 9.17) is 5.11 Å². The number of urea groups is 1. The van der Waals surface area contributed by atoms with Crippen LogP contribution in [0.5, 0.6) is 0 Å². The van der Waals surface area contributed by atoms with Crippen LogP contribution in [0.15, 0.2) is 0 Å². The van der Waals surface area contributed by atoms with Crippen molar-refractivity contribution in [3.05, 3.63) is 0 Å². The Morgan fingerprint density at radius 1 is 1.44 bits per heavy atom. The maximum Gasteiger partial charge on any atom is 0.320 e. The van der Waals surface area contributed by atoms with Gasteiger partial charge in [-0.15, -0.1) is 0 Å². The Kier molecular flexibility index (Phi) is 4.37. The van der Waals surface area contributed by atoms with Crippen molar-refractivity contribution in [2.24, 2.45) is 0 Å². The van der Waals surface area contributed by atoms with E-state index in [-0.39, 0.29) is 18.5 Å². The third-order valence-electron chi connectivity index (χ3n) is 3.79. The molecule has 0 aromatic carbocycles. The van der Waals surface area contributed by atoms with Gasteiger partial charge in [0.1, 0.15) is 0 Å². The van der Waals surface area contributed by atoms with Crippen LogP contribution < -0.4 is 0 Å². The molecule has 2 aliphatic rings. The van der Waals surface area contributed by atoms with E-state index in [9.17, 15) is 9.59 Å². The van der Waals surface area contributed by atoms with Crippen molar-refractivity contribution in [2.45, 2.75) is 37.8 Å². The molecule has 2 unspecified atom stereocenters. The Morgan fingerprint density at radius 2 is 2.22 bits per heavy atom. The van der Waals surface area contributed by atoms with Crippen molar-refractivity contribution >= 4 is 23.8 Å². The summed E-state index contributed by atoms with van der Waals surface area (Å²) in [6.45, 7) is 0.695. The highest BCUT2D eigenvalue weighted by molar-refractivity contribution is 7.99. The number of aliphatic carboxylic acids is 1. The summed E-state index contributed by atoms with van der Waals surface area (Å²) in [5.41, 5.74) is 0. The summed E-state index contributed by atoms with van der Waals surface area (Å²) >= 11 is 1.88. The minimum atomic E-state index is -0.821. The monoisotopic (exact) mass is 272 g/mol. The Morgan fingerprint density at radius 3 is 2.83 bits per heavy atom. The van der Waals surface area contributed by atoms with Gasteiger partial charge < -0.3 is 14.9 Å². The van der Waals surface area contributed by atoms with Gasteiger partial charge in [0.25, 0.3) is 0 Å². The summed E-state index contributed by atoms with van der Waals surface area (Å²) in [7, 11) is 1.84. The number of hydrogen-bond donors (Lipinski definition) is 1. The fraction of sp³-hybridized carbons (Fsp3) is 0.833. The van der Waals surface area contributed by atoms with E-state index in [1.807, 2.05) is 18.8 Å². The zero-order valence-electron chi connectivity index (χ0n) is 10.7. The summed E-state index contributed by atoms with van der Waals surface area (Å²) in [5.74, 6) is 1.29. The maximum atomic E-state index is 12.4. The second kappa shape index (κ2) is 5.82. The molecule has 0 aliphatic carbocycles. The number of thioether (sulfide) groups is 1. The molecule has 2 amide bonds. The molecule has 2 atom stereocenters. The number of rotatable bonds is 3. The number of nitrogens with zero attached hydrogens (tertiary/aromatic N) is 2. The lowest BCUT2D eigenvalue weighted by molar-refractivity contribution is -0.138. The van der Waals surface area contributed by atoms with E-state index in [1.54, 1.807) is 9.80 Å². The molecular weight excluding hydrogens is 252 g/mol. The van der Waals surface area contributed by atoms with E-state index < -0.39 is 5.97 Å². The number of carboxylic acid groups (broad SMARTS) is 1. The SMILES string of the molecule is CN(C(=O)N1CCCC1CC(=O)O)C1CCSC1. The standard InChI is InChI=1S/C12H20N2O3S/c1-13(10-4-6-18-8-10)12(17)14-5-2-3-9(14)7-11(15)16/h9-10H,2-8H2,1H3,(H,15,16). The van der Waals surface area contributed by atoms with Gasteiger partial charge in [-0.05, 0) is 25.0 Å². The van der Waals surface area contributed by atoms with Crippen LogP contribution in [0.4, 0.5) is 4.79 Å². The fourth-order valence-electron chi connectivity index (χ4n) is 2.69. The number of carbonyl (C=O) groups excluding carboxylic acids is 1. The lowest BCUT2D eigenvalue weighted by atomic mass is 10.1. The summed E-state index contributed by atoms with van der Waals surface area (Å²) in [6, 6.07) is 0.200. The van der Waals surface area contributed by atoms with Crippen LogP contribution in [0.25, 0.3) is 0 Å². The topological polar surface area (TPSA) is 60.9 Å². The molecule has 0 bridgehead atoms. The molecule has 0 aromatic heterocycles. The highest BCUT2D eigenvalue weighted by atomic mass is 32.2. The predicted molar refractivity (Wildman–Crippen MR) is 70.9 cm³/mol. The largest absolute Gasteiger partial charge is 0.481 e. The molecule has 0 saturated carbocycles. The molecule has 5 nitrogen and oxygen atoms in total. The Hall–Kier alpha value is -0.910. The van der Waals surface area contributed by atoms with Crippen LogP contribution in [-0.2, 0) is 4.79 Å². The molecule has 2 fully saturated rings. The van der Waals surface area contributed by atoms with Gasteiger partial charge in [-0.25, -0.2) is 4.79 Å². The first-order valence-corrected chi connectivity index (χ1v) is 7.58. The summed E-state index contributed by atoms with van der Waals surface area (Å²) in [6.07, 6.45) is 2.84. The lowest BCUT2D eigenvalue weighted by Crippen LogP contribution is -2.48. The van der Waals surface area contributed by atoms with Crippen molar-refractivity contribution in [1.29, 1.82) is 0 Å². The van der Waals surface area contributed by atoms with Crippen LogP contribution in [0.3, 0.4) is 0 Å². The van der Waals surface area contributed by atoms with E-state index in [0.717, 1.165) is 30.8 Å². The normalized spacial score (nSPS) is 27.5. The summed E-state index contributed by atoms with van der Waals surface area (Å²) in [5, 5.41) is 8.87. The van der Waals surface area contributed by atoms with Gasteiger partial charge >= 0.3 is 12.0 Å². The van der Waals surface area contributed by atoms with Gasteiger partial charge in [-0.3, -0.25) is 4.79 Å². The zero-order valence-corrected chi connectivity index (χ0v) is 11.5. The third kappa shape index (κ3) is 2.91. The quantitative estimate of drug-likeness (QED) is 0.845. The first kappa shape index (κ1) is 13.5. The second-order valence-corrected chi connectivity index (χ2v) is 6.15. The molecule has 102 valence electrons. The smallest absolute Gasteiger partial charge is 0.320 e. The number of amides is 2. The molecule has 2 aliphatic heterocycles. The van der Waals surface area contributed by atoms with Crippen molar-refractivity contribution in [1.82, 2.24) is 9.80 Å². The minimum Gasteiger partial charge on any atom is -0.481 e. The maximum absolute atomic E-state index is 12.4. The van der Waals surface area contributed by atoms with E-state index in [0.29, 0.717) is 12.6 Å². The van der Waals surface area contributed by atoms with Gasteiger partial charge in [0, 0.05) is 31.4 Å². The summed E-state index contributed by atoms with van der Waals surface area (Å²) < 4.78 is 0. The predicted octanol–water partition coefficient (Wildman–Crippen LogP) is 1.48. The Balaban J connectivity index is 1.96. The molecule has 2 heterocycles. The first-order valence-electron chi connectivity index (χ1n) is 6.42. The van der Waals surface area contributed by atoms with Crippen LogP contribution >= 0.6 is 11.8 Å². The van der Waals surface area contributed by atoms with E-state index >= 15 is 0 Å². The highest BCUT2D eigenvalue weighted by Crippen LogP contribution is 2.26. The number of likely N-dealkylation sites (tertiary alicyclic amines) is 1. The molecule has 2 rings (SSSR count). The number of carboxylic acids is 1. The second-order valence-electron chi connectivity index (χ2n) is 5.00. The van der Waals surface area contributed by atoms with Gasteiger partial charge in [0.05, 0.1) is 6.42 Å². The van der Waals surface area contributed by atoms with Crippen molar-refractivity contribution in [3.8, 4) is 0 Å². The van der Waals surface area contributed by atoms with Crippen LogP contribution in [0, 0.1) is 0 Å². The first-order chi connectivity index (χ1) is 8.59. The number of hydrogen-bond acceptors (Lipinski definition) is 3. The number of carbonyl (C=O) groups is 2. The van der Waals surface area contributed by atoms with Crippen LogP contribution in [0.1, 0.15) is 25.7 Å². The van der Waals surface area contributed by atoms with Crippen LogP contribution in [0.2, 0.25) is 0 Å². The minimum absolute atomic E-state index is 0.00579. The Bertz CT molecular complexity index is 331. The van der Waals surface area contributed by atoms with Gasteiger partial charge in [0.15, 0.2) is 0 Å². The van der Waals surface area contributed by atoms with Crippen molar-refractivity contribution in [2.75, 3.05) is 25.1 Å². The van der Waals surface area contributed by atoms with Crippen molar-refractivity contribution in [3.63, 3.8) is 0 Å². The average molecular weight is 272 g/mol. The molecule has 6 heteroatoms. The Labute approximate surface area is 112 Å². The molecule has 0 radical (unpaired) electrons.